The van der Waals surface area contributed by atoms with Crippen molar-refractivity contribution in [1.82, 2.24) is 4.90 Å². The highest BCUT2D eigenvalue weighted by atomic mass is 16.6. The third-order valence-corrected chi connectivity index (χ3v) is 3.71. The smallest absolute Gasteiger partial charge is 0.410 e. The monoisotopic (exact) mass is 261 g/mol. The predicted molar refractivity (Wildman–Crippen MR) is 75.9 cm³/mol. The quantitative estimate of drug-likeness (QED) is 0.820. The molecule has 0 saturated heterocycles. The zero-order valence-corrected chi connectivity index (χ0v) is 11.7. The van der Waals surface area contributed by atoms with E-state index in [-0.39, 0.29) is 6.09 Å². The maximum atomic E-state index is 12.2. The van der Waals surface area contributed by atoms with Gasteiger partial charge >= 0.3 is 6.09 Å². The largest absolute Gasteiger partial charge is 0.450 e. The maximum Gasteiger partial charge on any atom is 0.410 e. The van der Waals surface area contributed by atoms with Crippen LogP contribution in [0.4, 0.5) is 4.79 Å². The van der Waals surface area contributed by atoms with Gasteiger partial charge in [-0.3, -0.25) is 0 Å². The molecule has 1 fully saturated rings. The van der Waals surface area contributed by atoms with Gasteiger partial charge in [-0.1, -0.05) is 49.6 Å². The Kier molecular flexibility index (Phi) is 5.25. The number of hydrogen-bond donors (Lipinski definition) is 0. The summed E-state index contributed by atoms with van der Waals surface area (Å²) in [6.07, 6.45) is 5.76. The highest BCUT2D eigenvalue weighted by molar-refractivity contribution is 5.68. The summed E-state index contributed by atoms with van der Waals surface area (Å²) in [7, 11) is 0. The van der Waals surface area contributed by atoms with Crippen LogP contribution in [0.15, 0.2) is 30.3 Å². The van der Waals surface area contributed by atoms with Crippen LogP contribution in [0.5, 0.6) is 0 Å². The van der Waals surface area contributed by atoms with E-state index in [1.807, 2.05) is 30.0 Å². The zero-order valence-electron chi connectivity index (χ0n) is 11.7. The molecule has 0 radical (unpaired) electrons. The standard InChI is InChI=1S/C16H23NO2/c1-2-19-16(18)17(15-11-7-4-8-12-15)13-14-9-5-3-6-10-14/h3,5-6,9-10,15H,2,4,7-8,11-13H2,1H3. The molecular weight excluding hydrogens is 238 g/mol. The fraction of sp³-hybridized carbons (Fsp3) is 0.562. The Labute approximate surface area is 115 Å². The second-order valence-electron chi connectivity index (χ2n) is 5.10. The van der Waals surface area contributed by atoms with Crippen LogP contribution in [-0.2, 0) is 11.3 Å². The summed E-state index contributed by atoms with van der Waals surface area (Å²) in [4.78, 5) is 14.1. The van der Waals surface area contributed by atoms with E-state index in [0.29, 0.717) is 19.2 Å². The van der Waals surface area contributed by atoms with E-state index in [2.05, 4.69) is 12.1 Å². The van der Waals surface area contributed by atoms with Gasteiger partial charge in [0.1, 0.15) is 0 Å². The normalized spacial score (nSPS) is 16.1. The Morgan fingerprint density at radius 1 is 1.21 bits per heavy atom. The number of amides is 1. The Morgan fingerprint density at radius 3 is 2.53 bits per heavy atom. The average Bonchev–Trinajstić information content (AvgIpc) is 2.47. The molecule has 0 atom stereocenters. The molecule has 1 amide bonds. The van der Waals surface area contributed by atoms with Crippen LogP contribution in [-0.4, -0.2) is 23.6 Å². The van der Waals surface area contributed by atoms with E-state index in [9.17, 15) is 4.79 Å². The fourth-order valence-corrected chi connectivity index (χ4v) is 2.72. The van der Waals surface area contributed by atoms with Crippen LogP contribution in [0.1, 0.15) is 44.6 Å². The summed E-state index contributed by atoms with van der Waals surface area (Å²) in [6.45, 7) is 2.96. The van der Waals surface area contributed by atoms with Gasteiger partial charge in [0, 0.05) is 12.6 Å². The van der Waals surface area contributed by atoms with Crippen molar-refractivity contribution in [2.45, 2.75) is 51.6 Å². The van der Waals surface area contributed by atoms with E-state index < -0.39 is 0 Å². The first kappa shape index (κ1) is 13.9. The minimum atomic E-state index is -0.168. The molecule has 0 N–H and O–H groups in total. The Bertz CT molecular complexity index is 385. The summed E-state index contributed by atoms with van der Waals surface area (Å²) in [6, 6.07) is 10.5. The molecule has 3 nitrogen and oxygen atoms in total. The number of nitrogens with zero attached hydrogens (tertiary/aromatic N) is 1. The van der Waals surface area contributed by atoms with E-state index in [0.717, 1.165) is 12.8 Å². The van der Waals surface area contributed by atoms with E-state index in [1.165, 1.54) is 24.8 Å². The van der Waals surface area contributed by atoms with Crippen LogP contribution in [0, 0.1) is 0 Å². The number of carbonyl (C=O) groups excluding carboxylic acids is 1. The molecule has 1 saturated carbocycles. The minimum absolute atomic E-state index is 0.168. The molecular formula is C16H23NO2. The van der Waals surface area contributed by atoms with E-state index in [4.69, 9.17) is 4.74 Å². The summed E-state index contributed by atoms with van der Waals surface area (Å²) >= 11 is 0. The molecule has 104 valence electrons. The average molecular weight is 261 g/mol. The predicted octanol–water partition coefficient (Wildman–Crippen LogP) is 3.98. The summed E-state index contributed by atoms with van der Waals surface area (Å²) in [5.74, 6) is 0. The lowest BCUT2D eigenvalue weighted by molar-refractivity contribution is 0.0770. The molecule has 1 aliphatic rings. The van der Waals surface area contributed by atoms with Crippen LogP contribution in [0.2, 0.25) is 0 Å². The number of rotatable bonds is 4. The van der Waals surface area contributed by atoms with Gasteiger partial charge in [0.15, 0.2) is 0 Å². The van der Waals surface area contributed by atoms with Gasteiger partial charge in [-0.05, 0) is 25.3 Å². The van der Waals surface area contributed by atoms with Gasteiger partial charge in [-0.2, -0.15) is 0 Å². The van der Waals surface area contributed by atoms with Crippen molar-refractivity contribution < 1.29 is 9.53 Å². The summed E-state index contributed by atoms with van der Waals surface area (Å²) < 4.78 is 5.22. The molecule has 0 unspecified atom stereocenters. The molecule has 1 aromatic rings. The SMILES string of the molecule is CCOC(=O)N(Cc1ccccc1)C1CCCCC1. The Balaban J connectivity index is 2.06. The first-order chi connectivity index (χ1) is 9.31. The van der Waals surface area contributed by atoms with Crippen molar-refractivity contribution in [3.63, 3.8) is 0 Å². The molecule has 0 heterocycles. The number of carbonyl (C=O) groups is 1. The molecule has 2 rings (SSSR count). The lowest BCUT2D eigenvalue weighted by atomic mass is 9.94. The molecule has 1 aromatic carbocycles. The first-order valence-corrected chi connectivity index (χ1v) is 7.28. The van der Waals surface area contributed by atoms with Gasteiger partial charge in [-0.25, -0.2) is 4.79 Å². The molecule has 0 aliphatic heterocycles. The number of hydrogen-bond acceptors (Lipinski definition) is 2. The third kappa shape index (κ3) is 3.98. The van der Waals surface area contributed by atoms with Gasteiger partial charge in [0.25, 0.3) is 0 Å². The second kappa shape index (κ2) is 7.17. The highest BCUT2D eigenvalue weighted by Gasteiger charge is 2.26. The van der Waals surface area contributed by atoms with Crippen molar-refractivity contribution >= 4 is 6.09 Å². The van der Waals surface area contributed by atoms with Crippen LogP contribution in [0.25, 0.3) is 0 Å². The van der Waals surface area contributed by atoms with Crippen molar-refractivity contribution in [3.8, 4) is 0 Å². The topological polar surface area (TPSA) is 29.5 Å². The van der Waals surface area contributed by atoms with Gasteiger partial charge in [-0.15, -0.1) is 0 Å². The second-order valence-corrected chi connectivity index (χ2v) is 5.10. The Hall–Kier alpha value is -1.51. The van der Waals surface area contributed by atoms with Gasteiger partial charge in [0.05, 0.1) is 6.61 Å². The Morgan fingerprint density at radius 2 is 1.89 bits per heavy atom. The van der Waals surface area contributed by atoms with Crippen molar-refractivity contribution in [2.75, 3.05) is 6.61 Å². The zero-order chi connectivity index (χ0) is 13.5. The summed E-state index contributed by atoms with van der Waals surface area (Å²) in [5.41, 5.74) is 1.17. The molecule has 1 aliphatic carbocycles. The minimum Gasteiger partial charge on any atom is -0.450 e. The van der Waals surface area contributed by atoms with Crippen molar-refractivity contribution in [2.24, 2.45) is 0 Å². The lowest BCUT2D eigenvalue weighted by Crippen LogP contribution is -2.41. The van der Waals surface area contributed by atoms with Gasteiger partial charge < -0.3 is 9.64 Å². The lowest BCUT2D eigenvalue weighted by Gasteiger charge is -2.33. The maximum absolute atomic E-state index is 12.2. The molecule has 0 bridgehead atoms. The molecule has 0 spiro atoms. The number of ether oxygens (including phenoxy) is 1. The van der Waals surface area contributed by atoms with Crippen LogP contribution < -0.4 is 0 Å². The van der Waals surface area contributed by atoms with Crippen LogP contribution >= 0.6 is 0 Å². The van der Waals surface area contributed by atoms with Gasteiger partial charge in [0.2, 0.25) is 0 Å². The molecule has 0 aromatic heterocycles. The van der Waals surface area contributed by atoms with E-state index in [1.54, 1.807) is 0 Å². The van der Waals surface area contributed by atoms with Crippen molar-refractivity contribution in [3.05, 3.63) is 35.9 Å². The van der Waals surface area contributed by atoms with E-state index >= 15 is 0 Å². The fourth-order valence-electron chi connectivity index (χ4n) is 2.72. The third-order valence-electron chi connectivity index (χ3n) is 3.71. The first-order valence-electron chi connectivity index (χ1n) is 7.28. The van der Waals surface area contributed by atoms with Crippen molar-refractivity contribution in [1.29, 1.82) is 0 Å². The van der Waals surface area contributed by atoms with Crippen LogP contribution in [0.3, 0.4) is 0 Å². The molecule has 3 heteroatoms. The summed E-state index contributed by atoms with van der Waals surface area (Å²) in [5, 5.41) is 0. The number of benzene rings is 1. The molecule has 19 heavy (non-hydrogen) atoms. The highest BCUT2D eigenvalue weighted by Crippen LogP contribution is 2.24.